The molecule has 1 aromatic heterocycles. The zero-order valence-electron chi connectivity index (χ0n) is 10.9. The Morgan fingerprint density at radius 3 is 2.60 bits per heavy atom. The Bertz CT molecular complexity index is 683. The highest BCUT2D eigenvalue weighted by molar-refractivity contribution is 7.91. The maximum atomic E-state index is 12.3. The van der Waals surface area contributed by atoms with Gasteiger partial charge < -0.3 is 14.8 Å². The van der Waals surface area contributed by atoms with Gasteiger partial charge >= 0.3 is 10.8 Å². The van der Waals surface area contributed by atoms with Gasteiger partial charge in [-0.15, -0.1) is 0 Å². The third-order valence-electron chi connectivity index (χ3n) is 2.92. The first-order valence-corrected chi connectivity index (χ1v) is 7.95. The van der Waals surface area contributed by atoms with Crippen molar-refractivity contribution < 1.29 is 23.1 Å². The predicted molar refractivity (Wildman–Crippen MR) is 70.4 cm³/mol. The topological polar surface area (TPSA) is 117 Å². The summed E-state index contributed by atoms with van der Waals surface area (Å²) in [6.07, 6.45) is 0. The second-order valence-corrected chi connectivity index (χ2v) is 7.95. The first-order valence-electron chi connectivity index (χ1n) is 5.70. The molecule has 0 unspecified atom stereocenters. The lowest BCUT2D eigenvalue weighted by molar-refractivity contribution is -0.157. The van der Waals surface area contributed by atoms with E-state index in [1.54, 1.807) is 6.92 Å². The van der Waals surface area contributed by atoms with Gasteiger partial charge in [-0.05, 0) is 13.8 Å². The molecule has 112 valence electrons. The number of sulfonamides is 1. The van der Waals surface area contributed by atoms with Crippen molar-refractivity contribution in [1.29, 1.82) is 0 Å². The average Bonchev–Trinajstić information content (AvgIpc) is 2.62. The number of aliphatic carboxylic acids is 1. The van der Waals surface area contributed by atoms with E-state index in [4.69, 9.17) is 9.84 Å². The van der Waals surface area contributed by atoms with Gasteiger partial charge in [-0.2, -0.15) is 4.31 Å². The number of carboxylic acids is 1. The van der Waals surface area contributed by atoms with E-state index in [0.29, 0.717) is 17.0 Å². The monoisotopic (exact) mass is 322 g/mol. The molecule has 2 N–H and O–H groups in total. The van der Waals surface area contributed by atoms with Crippen molar-refractivity contribution in [3.8, 4) is 0 Å². The van der Waals surface area contributed by atoms with Gasteiger partial charge in [0.05, 0.1) is 5.60 Å². The lowest BCUT2D eigenvalue weighted by Crippen LogP contribution is -2.63. The van der Waals surface area contributed by atoms with Crippen LogP contribution < -0.4 is 4.87 Å². The number of hydrogen-bond acceptors (Lipinski definition) is 6. The summed E-state index contributed by atoms with van der Waals surface area (Å²) < 4.78 is 30.9. The molecular weight excluding hydrogens is 308 g/mol. The fraction of sp³-hybridized carbons (Fsp3) is 0.600. The predicted octanol–water partition coefficient (Wildman–Crippen LogP) is -0.391. The number of hydrogen-bond donors (Lipinski definition) is 2. The number of nitrogens with zero attached hydrogens (tertiary/aromatic N) is 1. The highest BCUT2D eigenvalue weighted by Crippen LogP contribution is 2.32. The normalized spacial score (nSPS) is 18.7. The summed E-state index contributed by atoms with van der Waals surface area (Å²) in [5.41, 5.74) is -0.499. The number of thiazole rings is 1. The number of nitrogens with one attached hydrogen (secondary N) is 1. The van der Waals surface area contributed by atoms with Crippen LogP contribution in [0.2, 0.25) is 0 Å². The minimum Gasteiger partial charge on any atom is -0.480 e. The minimum absolute atomic E-state index is 0.0113. The molecular formula is C10H14N2O6S2. The average molecular weight is 322 g/mol. The molecule has 1 aliphatic rings. The highest BCUT2D eigenvalue weighted by atomic mass is 32.2. The number of carboxylic acid groups (broad SMARTS) is 1. The van der Waals surface area contributed by atoms with Crippen molar-refractivity contribution in [2.75, 3.05) is 19.7 Å². The Morgan fingerprint density at radius 1 is 1.55 bits per heavy atom. The molecule has 0 saturated carbocycles. The molecule has 0 bridgehead atoms. The van der Waals surface area contributed by atoms with E-state index >= 15 is 0 Å². The third-order valence-corrected chi connectivity index (χ3v) is 6.29. The zero-order chi connectivity index (χ0) is 15.1. The fourth-order valence-corrected chi connectivity index (χ4v) is 5.05. The van der Waals surface area contributed by atoms with E-state index in [1.807, 2.05) is 0 Å². The number of carbonyl (C=O) groups is 1. The van der Waals surface area contributed by atoms with Crippen LogP contribution in [0, 0.1) is 6.92 Å². The van der Waals surface area contributed by atoms with Crippen LogP contribution in [0.25, 0.3) is 0 Å². The SMILES string of the molecule is Cc1[nH]c(=O)sc1S(=O)(=O)N1CC(C)(OCC(=O)O)C1. The van der Waals surface area contributed by atoms with Crippen molar-refractivity contribution >= 4 is 27.3 Å². The number of rotatable bonds is 5. The smallest absolute Gasteiger partial charge is 0.329 e. The molecule has 0 radical (unpaired) electrons. The van der Waals surface area contributed by atoms with Crippen molar-refractivity contribution in [2.45, 2.75) is 23.7 Å². The second kappa shape index (κ2) is 4.95. The molecule has 1 saturated heterocycles. The lowest BCUT2D eigenvalue weighted by Gasteiger charge is -2.45. The standard InChI is InChI=1S/C10H14N2O6S2/c1-6-8(19-9(15)11-6)20(16,17)12-4-10(2,5-12)18-3-7(13)14/h3-5H2,1-2H3,(H,11,15)(H,13,14). The number of aryl methyl sites for hydroxylation is 1. The molecule has 0 aliphatic carbocycles. The number of H-pyrrole nitrogens is 1. The van der Waals surface area contributed by atoms with Crippen molar-refractivity contribution in [2.24, 2.45) is 0 Å². The summed E-state index contributed by atoms with van der Waals surface area (Å²) in [6.45, 7) is 2.82. The summed E-state index contributed by atoms with van der Waals surface area (Å²) in [4.78, 5) is 23.6. The quantitative estimate of drug-likeness (QED) is 0.762. The summed E-state index contributed by atoms with van der Waals surface area (Å²) in [5, 5.41) is 8.55. The molecule has 0 aromatic carbocycles. The Kier molecular flexibility index (Phi) is 3.75. The molecule has 10 heteroatoms. The van der Waals surface area contributed by atoms with Gasteiger partial charge in [-0.25, -0.2) is 13.2 Å². The first kappa shape index (κ1) is 15.2. The van der Waals surface area contributed by atoms with Crippen molar-refractivity contribution in [3.63, 3.8) is 0 Å². The summed E-state index contributed by atoms with van der Waals surface area (Å²) >= 11 is 0.642. The van der Waals surface area contributed by atoms with Crippen LogP contribution in [-0.2, 0) is 19.6 Å². The molecule has 2 rings (SSSR count). The largest absolute Gasteiger partial charge is 0.480 e. The van der Waals surface area contributed by atoms with E-state index in [9.17, 15) is 18.0 Å². The summed E-state index contributed by atoms with van der Waals surface area (Å²) in [6, 6.07) is 0. The van der Waals surface area contributed by atoms with Gasteiger partial charge in [-0.1, -0.05) is 11.3 Å². The molecule has 1 aliphatic heterocycles. The Labute approximate surface area is 119 Å². The van der Waals surface area contributed by atoms with Crippen molar-refractivity contribution in [3.05, 3.63) is 15.4 Å². The van der Waals surface area contributed by atoms with E-state index < -0.39 is 33.1 Å². The molecule has 2 heterocycles. The number of ether oxygens (including phenoxy) is 1. The lowest BCUT2D eigenvalue weighted by atomic mass is 10.0. The van der Waals surface area contributed by atoms with Crippen LogP contribution in [-0.4, -0.2) is 54.1 Å². The fourth-order valence-electron chi connectivity index (χ4n) is 1.95. The third kappa shape index (κ3) is 2.77. The minimum atomic E-state index is -3.73. The van der Waals surface area contributed by atoms with Gasteiger partial charge in [0.25, 0.3) is 10.0 Å². The van der Waals surface area contributed by atoms with Crippen LogP contribution in [0.5, 0.6) is 0 Å². The summed E-state index contributed by atoms with van der Waals surface area (Å²) in [5.74, 6) is -1.10. The molecule has 0 atom stereocenters. The van der Waals surface area contributed by atoms with E-state index in [-0.39, 0.29) is 17.3 Å². The van der Waals surface area contributed by atoms with Gasteiger partial charge in [0.2, 0.25) is 0 Å². The molecule has 1 fully saturated rings. The Balaban J connectivity index is 2.10. The maximum Gasteiger partial charge on any atom is 0.329 e. The molecule has 20 heavy (non-hydrogen) atoms. The maximum absolute atomic E-state index is 12.3. The van der Waals surface area contributed by atoms with Crippen LogP contribution in [0.3, 0.4) is 0 Å². The molecule has 0 spiro atoms. The molecule has 8 nitrogen and oxygen atoms in total. The van der Waals surface area contributed by atoms with E-state index in [0.717, 1.165) is 0 Å². The van der Waals surface area contributed by atoms with Crippen LogP contribution >= 0.6 is 11.3 Å². The van der Waals surface area contributed by atoms with Gasteiger partial charge in [0.1, 0.15) is 6.61 Å². The second-order valence-electron chi connectivity index (χ2n) is 4.83. The van der Waals surface area contributed by atoms with Gasteiger partial charge in [0.15, 0.2) is 4.21 Å². The van der Waals surface area contributed by atoms with E-state index in [2.05, 4.69) is 4.98 Å². The van der Waals surface area contributed by atoms with Crippen LogP contribution in [0.15, 0.2) is 9.00 Å². The Morgan fingerprint density at radius 2 is 2.15 bits per heavy atom. The first-order chi connectivity index (χ1) is 9.14. The number of aromatic amines is 1. The molecule has 0 amide bonds. The van der Waals surface area contributed by atoms with Crippen LogP contribution in [0.4, 0.5) is 0 Å². The Hall–Kier alpha value is -1.23. The van der Waals surface area contributed by atoms with Gasteiger partial charge in [-0.3, -0.25) is 4.79 Å². The summed E-state index contributed by atoms with van der Waals surface area (Å²) in [7, 11) is -3.73. The highest BCUT2D eigenvalue weighted by Gasteiger charge is 2.47. The van der Waals surface area contributed by atoms with Gasteiger partial charge in [0, 0.05) is 18.8 Å². The van der Waals surface area contributed by atoms with Crippen LogP contribution in [0.1, 0.15) is 12.6 Å². The zero-order valence-corrected chi connectivity index (χ0v) is 12.5. The van der Waals surface area contributed by atoms with Crippen molar-refractivity contribution in [1.82, 2.24) is 9.29 Å². The molecule has 1 aromatic rings. The van der Waals surface area contributed by atoms with E-state index in [1.165, 1.54) is 11.2 Å². The number of aromatic nitrogens is 1.